The van der Waals surface area contributed by atoms with Crippen LogP contribution in [0.3, 0.4) is 0 Å². The zero-order chi connectivity index (χ0) is 17.9. The number of nitrogens with zero attached hydrogens (tertiary/aromatic N) is 5. The Kier molecular flexibility index (Phi) is 4.75. The molecule has 1 amide bonds. The van der Waals surface area contributed by atoms with E-state index in [0.29, 0.717) is 11.7 Å². The minimum atomic E-state index is -0.0667. The Morgan fingerprint density at radius 3 is 2.85 bits per heavy atom. The fourth-order valence-electron chi connectivity index (χ4n) is 3.34. The molecule has 0 radical (unpaired) electrons. The van der Waals surface area contributed by atoms with Gasteiger partial charge in [-0.2, -0.15) is 5.10 Å². The van der Waals surface area contributed by atoms with E-state index in [1.54, 1.807) is 12.5 Å². The molecule has 0 aliphatic heterocycles. The lowest BCUT2D eigenvalue weighted by Gasteiger charge is -2.29. The number of carbonyl (C=O) groups is 1. The molecule has 1 N–H and O–H groups in total. The molecule has 7 nitrogen and oxygen atoms in total. The molecule has 1 aliphatic carbocycles. The Balaban J connectivity index is 1.34. The highest BCUT2D eigenvalue weighted by Gasteiger charge is 2.25. The van der Waals surface area contributed by atoms with Gasteiger partial charge in [0, 0.05) is 29.4 Å². The second-order valence-electron chi connectivity index (χ2n) is 6.53. The number of hydrogen-bond donors (Lipinski definition) is 1. The maximum absolute atomic E-state index is 12.2. The van der Waals surface area contributed by atoms with Crippen LogP contribution in [0.5, 0.6) is 0 Å². The third-order valence-electron chi connectivity index (χ3n) is 4.74. The van der Waals surface area contributed by atoms with Crippen molar-refractivity contribution in [3.05, 3.63) is 47.1 Å². The van der Waals surface area contributed by atoms with Crippen LogP contribution < -0.4 is 5.32 Å². The van der Waals surface area contributed by atoms with Crippen molar-refractivity contribution in [2.75, 3.05) is 0 Å². The molecule has 0 spiro atoms. The number of rotatable bonds is 4. The molecule has 0 bridgehead atoms. The Morgan fingerprint density at radius 2 is 2.15 bits per heavy atom. The van der Waals surface area contributed by atoms with Crippen molar-refractivity contribution in [3.8, 4) is 11.3 Å². The Bertz CT molecular complexity index is 882. The molecule has 26 heavy (non-hydrogen) atoms. The second kappa shape index (κ2) is 7.33. The number of carbonyl (C=O) groups excluding carboxylic acids is 1. The summed E-state index contributed by atoms with van der Waals surface area (Å²) < 4.78 is 2.03. The number of thiazole rings is 1. The highest BCUT2D eigenvalue weighted by Crippen LogP contribution is 2.29. The average molecular weight is 368 g/mol. The fourth-order valence-corrected chi connectivity index (χ4v) is 3.94. The first-order valence-corrected chi connectivity index (χ1v) is 9.60. The van der Waals surface area contributed by atoms with Crippen molar-refractivity contribution in [1.29, 1.82) is 0 Å². The van der Waals surface area contributed by atoms with Gasteiger partial charge in [0.2, 0.25) is 0 Å². The van der Waals surface area contributed by atoms with Gasteiger partial charge in [-0.1, -0.05) is 0 Å². The minimum Gasteiger partial charge on any atom is -0.348 e. The van der Waals surface area contributed by atoms with Crippen LogP contribution in [-0.2, 0) is 0 Å². The molecule has 0 aromatic carbocycles. The molecule has 3 aromatic heterocycles. The first kappa shape index (κ1) is 16.8. The van der Waals surface area contributed by atoms with Crippen molar-refractivity contribution < 1.29 is 4.79 Å². The Morgan fingerprint density at radius 1 is 1.31 bits per heavy atom. The van der Waals surface area contributed by atoms with Gasteiger partial charge in [0.25, 0.3) is 5.91 Å². The lowest BCUT2D eigenvalue weighted by Crippen LogP contribution is -2.38. The molecule has 0 atom stereocenters. The van der Waals surface area contributed by atoms with Crippen molar-refractivity contribution in [2.45, 2.75) is 44.7 Å². The topological polar surface area (TPSA) is 85.6 Å². The summed E-state index contributed by atoms with van der Waals surface area (Å²) in [5, 5.41) is 10.4. The summed E-state index contributed by atoms with van der Waals surface area (Å²) in [6.07, 6.45) is 11.1. The van der Waals surface area contributed by atoms with Crippen molar-refractivity contribution in [2.24, 2.45) is 0 Å². The molecule has 134 valence electrons. The van der Waals surface area contributed by atoms with Crippen LogP contribution in [0.15, 0.2) is 36.4 Å². The van der Waals surface area contributed by atoms with E-state index >= 15 is 0 Å². The summed E-state index contributed by atoms with van der Waals surface area (Å²) in [7, 11) is 0. The largest absolute Gasteiger partial charge is 0.348 e. The van der Waals surface area contributed by atoms with E-state index in [4.69, 9.17) is 0 Å². The van der Waals surface area contributed by atoms with Gasteiger partial charge < -0.3 is 5.32 Å². The minimum absolute atomic E-state index is 0.0667. The molecular formula is C18H20N6OS. The summed E-state index contributed by atoms with van der Waals surface area (Å²) in [4.78, 5) is 24.7. The van der Waals surface area contributed by atoms with E-state index in [0.717, 1.165) is 41.9 Å². The summed E-state index contributed by atoms with van der Waals surface area (Å²) in [6, 6.07) is 2.45. The van der Waals surface area contributed by atoms with E-state index in [1.165, 1.54) is 11.3 Å². The third-order valence-corrected chi connectivity index (χ3v) is 5.51. The van der Waals surface area contributed by atoms with Gasteiger partial charge in [0.05, 0.1) is 22.9 Å². The zero-order valence-corrected chi connectivity index (χ0v) is 15.3. The first-order chi connectivity index (χ1) is 12.7. The monoisotopic (exact) mass is 368 g/mol. The Labute approximate surface area is 155 Å². The highest BCUT2D eigenvalue weighted by molar-refractivity contribution is 7.09. The van der Waals surface area contributed by atoms with E-state index < -0.39 is 0 Å². The average Bonchev–Trinajstić information content (AvgIpc) is 3.32. The molecule has 1 aliphatic rings. The van der Waals surface area contributed by atoms with Crippen LogP contribution in [0.2, 0.25) is 0 Å². The van der Waals surface area contributed by atoms with E-state index in [1.807, 2.05) is 35.4 Å². The summed E-state index contributed by atoms with van der Waals surface area (Å²) in [6.45, 7) is 1.91. The number of nitrogens with one attached hydrogen (secondary N) is 1. The number of hydrogen-bond acceptors (Lipinski definition) is 6. The SMILES string of the molecule is Cc1nc(C(=O)NC2CCC(n3cc(-c4ccncn4)cn3)CC2)cs1. The van der Waals surface area contributed by atoms with Crippen molar-refractivity contribution >= 4 is 17.2 Å². The molecule has 1 fully saturated rings. The van der Waals surface area contributed by atoms with Gasteiger partial charge in [-0.3, -0.25) is 9.48 Å². The summed E-state index contributed by atoms with van der Waals surface area (Å²) in [5.74, 6) is -0.0667. The molecule has 4 rings (SSSR count). The Hall–Kier alpha value is -2.61. The zero-order valence-electron chi connectivity index (χ0n) is 14.5. The van der Waals surface area contributed by atoms with Crippen LogP contribution >= 0.6 is 11.3 Å². The fraction of sp³-hybridized carbons (Fsp3) is 0.389. The third kappa shape index (κ3) is 3.65. The molecule has 1 saturated carbocycles. The lowest BCUT2D eigenvalue weighted by atomic mass is 9.91. The second-order valence-corrected chi connectivity index (χ2v) is 7.60. The molecule has 0 saturated heterocycles. The highest BCUT2D eigenvalue weighted by atomic mass is 32.1. The van der Waals surface area contributed by atoms with E-state index in [9.17, 15) is 4.79 Å². The molecule has 8 heteroatoms. The van der Waals surface area contributed by atoms with Crippen LogP contribution in [0.4, 0.5) is 0 Å². The predicted octanol–water partition coefficient (Wildman–Crippen LogP) is 3.02. The van der Waals surface area contributed by atoms with Crippen LogP contribution in [0.25, 0.3) is 11.3 Å². The van der Waals surface area contributed by atoms with Gasteiger partial charge in [0.1, 0.15) is 12.0 Å². The van der Waals surface area contributed by atoms with Crippen LogP contribution in [0, 0.1) is 6.92 Å². The normalized spacial score (nSPS) is 20.0. The first-order valence-electron chi connectivity index (χ1n) is 8.72. The van der Waals surface area contributed by atoms with Gasteiger partial charge >= 0.3 is 0 Å². The summed E-state index contributed by atoms with van der Waals surface area (Å²) in [5.41, 5.74) is 2.41. The molecule has 3 aromatic rings. The van der Waals surface area contributed by atoms with E-state index in [-0.39, 0.29) is 11.9 Å². The van der Waals surface area contributed by atoms with Crippen molar-refractivity contribution in [3.63, 3.8) is 0 Å². The lowest BCUT2D eigenvalue weighted by molar-refractivity contribution is 0.0917. The molecular weight excluding hydrogens is 348 g/mol. The van der Waals surface area contributed by atoms with Gasteiger partial charge in [-0.15, -0.1) is 11.3 Å². The van der Waals surface area contributed by atoms with E-state index in [2.05, 4.69) is 25.4 Å². The van der Waals surface area contributed by atoms with Gasteiger partial charge in [-0.05, 0) is 38.7 Å². The van der Waals surface area contributed by atoms with Crippen LogP contribution in [-0.4, -0.2) is 36.7 Å². The quantitative estimate of drug-likeness (QED) is 0.765. The predicted molar refractivity (Wildman–Crippen MR) is 98.9 cm³/mol. The summed E-state index contributed by atoms with van der Waals surface area (Å²) >= 11 is 1.50. The molecule has 3 heterocycles. The van der Waals surface area contributed by atoms with Crippen LogP contribution in [0.1, 0.15) is 47.2 Å². The number of amides is 1. The molecule has 0 unspecified atom stereocenters. The maximum atomic E-state index is 12.2. The van der Waals surface area contributed by atoms with Gasteiger partial charge in [-0.25, -0.2) is 15.0 Å². The maximum Gasteiger partial charge on any atom is 0.270 e. The van der Waals surface area contributed by atoms with Gasteiger partial charge in [0.15, 0.2) is 0 Å². The van der Waals surface area contributed by atoms with Crippen molar-refractivity contribution in [1.82, 2.24) is 30.0 Å². The number of aromatic nitrogens is 5. The standard InChI is InChI=1S/C18H20N6OS/c1-12-22-17(10-26-12)18(25)23-14-2-4-15(5-3-14)24-9-13(8-21-24)16-6-7-19-11-20-16/h6-11,14-15H,2-5H2,1H3,(H,23,25). The number of aryl methyl sites for hydroxylation is 1. The smallest absolute Gasteiger partial charge is 0.270 e.